The second kappa shape index (κ2) is 6.02. The molecule has 1 unspecified atom stereocenters. The van der Waals surface area contributed by atoms with Crippen molar-refractivity contribution in [2.45, 2.75) is 83.0 Å². The Bertz CT molecular complexity index is 348. The second-order valence-electron chi connectivity index (χ2n) is 6.93. The van der Waals surface area contributed by atoms with E-state index in [1.807, 2.05) is 11.8 Å². The van der Waals surface area contributed by atoms with E-state index in [4.69, 9.17) is 4.74 Å². The number of hydrogen-bond donors (Lipinski definition) is 1. The molecule has 0 radical (unpaired) electrons. The van der Waals surface area contributed by atoms with Crippen LogP contribution in [-0.2, 0) is 9.53 Å². The largest absolute Gasteiger partial charge is 0.480 e. The van der Waals surface area contributed by atoms with Gasteiger partial charge in [-0.3, -0.25) is 9.69 Å². The number of rotatable bonds is 5. The summed E-state index contributed by atoms with van der Waals surface area (Å²) in [6, 6.07) is 0. The van der Waals surface area contributed by atoms with Gasteiger partial charge in [0.25, 0.3) is 0 Å². The van der Waals surface area contributed by atoms with Crippen molar-refractivity contribution >= 4 is 5.97 Å². The zero-order chi connectivity index (χ0) is 14.8. The minimum atomic E-state index is -0.819. The van der Waals surface area contributed by atoms with E-state index < -0.39 is 11.5 Å². The van der Waals surface area contributed by atoms with Crippen molar-refractivity contribution in [3.8, 4) is 0 Å². The van der Waals surface area contributed by atoms with Gasteiger partial charge in [-0.1, -0.05) is 26.2 Å². The van der Waals surface area contributed by atoms with Gasteiger partial charge < -0.3 is 9.84 Å². The van der Waals surface area contributed by atoms with Crippen molar-refractivity contribution in [1.29, 1.82) is 0 Å². The Morgan fingerprint density at radius 2 is 1.95 bits per heavy atom. The van der Waals surface area contributed by atoms with Gasteiger partial charge in [0.15, 0.2) is 0 Å². The van der Waals surface area contributed by atoms with Crippen molar-refractivity contribution in [3.63, 3.8) is 0 Å². The molecule has 20 heavy (non-hydrogen) atoms. The SMILES string of the molecule is CCN(CC1CCC2(CCCCC2)O1)C(C)(C)C(=O)O. The quantitative estimate of drug-likeness (QED) is 0.842. The summed E-state index contributed by atoms with van der Waals surface area (Å²) in [6.45, 7) is 7.06. The van der Waals surface area contributed by atoms with Crippen LogP contribution in [-0.4, -0.2) is 46.3 Å². The molecule has 0 bridgehead atoms. The van der Waals surface area contributed by atoms with E-state index in [-0.39, 0.29) is 11.7 Å². The van der Waals surface area contributed by atoms with Crippen LogP contribution in [0.3, 0.4) is 0 Å². The van der Waals surface area contributed by atoms with Crippen LogP contribution < -0.4 is 0 Å². The minimum absolute atomic E-state index is 0.121. The summed E-state index contributed by atoms with van der Waals surface area (Å²) >= 11 is 0. The molecule has 116 valence electrons. The Morgan fingerprint density at radius 3 is 2.50 bits per heavy atom. The number of carboxylic acids is 1. The first kappa shape index (κ1) is 15.8. The summed E-state index contributed by atoms with van der Waals surface area (Å²) < 4.78 is 6.36. The van der Waals surface area contributed by atoms with Gasteiger partial charge in [0.1, 0.15) is 5.54 Å². The van der Waals surface area contributed by atoms with Crippen molar-refractivity contribution in [3.05, 3.63) is 0 Å². The van der Waals surface area contributed by atoms with Crippen LogP contribution in [0.15, 0.2) is 0 Å². The molecule has 0 aromatic heterocycles. The Labute approximate surface area is 122 Å². The standard InChI is InChI=1S/C16H29NO3/c1-4-17(15(2,3)14(18)19)12-13-8-11-16(20-13)9-6-5-7-10-16/h13H,4-12H2,1-3H3,(H,18,19). The highest BCUT2D eigenvalue weighted by molar-refractivity contribution is 5.77. The molecule has 2 fully saturated rings. The van der Waals surface area contributed by atoms with Gasteiger partial charge in [-0.2, -0.15) is 0 Å². The third kappa shape index (κ3) is 3.17. The van der Waals surface area contributed by atoms with Gasteiger partial charge in [0.2, 0.25) is 0 Å². The highest BCUT2D eigenvalue weighted by atomic mass is 16.5. The maximum Gasteiger partial charge on any atom is 0.323 e. The number of nitrogens with zero attached hydrogens (tertiary/aromatic N) is 1. The summed E-state index contributed by atoms with van der Waals surface area (Å²) in [5, 5.41) is 9.38. The average Bonchev–Trinajstić information content (AvgIpc) is 2.79. The van der Waals surface area contributed by atoms with E-state index in [2.05, 4.69) is 0 Å². The van der Waals surface area contributed by atoms with E-state index in [1.165, 1.54) is 32.1 Å². The minimum Gasteiger partial charge on any atom is -0.480 e. The summed E-state index contributed by atoms with van der Waals surface area (Å²) in [5.41, 5.74) is -0.698. The highest BCUT2D eigenvalue weighted by Crippen LogP contribution is 2.42. The molecular formula is C16H29NO3. The van der Waals surface area contributed by atoms with E-state index in [0.29, 0.717) is 0 Å². The molecule has 4 heteroatoms. The molecule has 1 spiro atoms. The predicted molar refractivity (Wildman–Crippen MR) is 78.9 cm³/mol. The van der Waals surface area contributed by atoms with Crippen molar-refractivity contribution in [1.82, 2.24) is 4.90 Å². The number of ether oxygens (including phenoxy) is 1. The fourth-order valence-electron chi connectivity index (χ4n) is 3.72. The van der Waals surface area contributed by atoms with Crippen molar-refractivity contribution < 1.29 is 14.6 Å². The van der Waals surface area contributed by atoms with Crippen LogP contribution >= 0.6 is 0 Å². The third-order valence-electron chi connectivity index (χ3n) is 5.22. The first-order chi connectivity index (χ1) is 9.39. The lowest BCUT2D eigenvalue weighted by Crippen LogP contribution is -2.52. The normalized spacial score (nSPS) is 26.3. The Balaban J connectivity index is 1.94. The molecule has 1 N–H and O–H groups in total. The summed E-state index contributed by atoms with van der Waals surface area (Å²) in [4.78, 5) is 13.4. The molecule has 0 amide bonds. The number of carbonyl (C=O) groups is 1. The van der Waals surface area contributed by atoms with Gasteiger partial charge in [-0.25, -0.2) is 0 Å². The molecule has 1 heterocycles. The van der Waals surface area contributed by atoms with Gasteiger partial charge >= 0.3 is 5.97 Å². The lowest BCUT2D eigenvalue weighted by atomic mass is 9.83. The molecule has 1 saturated carbocycles. The molecule has 1 atom stereocenters. The molecule has 0 aromatic rings. The van der Waals surface area contributed by atoms with Crippen LogP contribution in [0, 0.1) is 0 Å². The van der Waals surface area contributed by atoms with Crippen LogP contribution in [0.2, 0.25) is 0 Å². The average molecular weight is 283 g/mol. The van der Waals surface area contributed by atoms with Crippen LogP contribution in [0.25, 0.3) is 0 Å². The third-order valence-corrected chi connectivity index (χ3v) is 5.22. The molecule has 1 aliphatic heterocycles. The number of likely N-dealkylation sites (N-methyl/N-ethyl adjacent to an activating group) is 1. The lowest BCUT2D eigenvalue weighted by molar-refractivity contribution is -0.151. The van der Waals surface area contributed by atoms with E-state index in [9.17, 15) is 9.90 Å². The molecule has 0 aromatic carbocycles. The van der Waals surface area contributed by atoms with Gasteiger partial charge in [0, 0.05) is 6.54 Å². The highest BCUT2D eigenvalue weighted by Gasteiger charge is 2.43. The molecule has 2 rings (SSSR count). The maximum absolute atomic E-state index is 11.4. The molecule has 1 aliphatic carbocycles. The molecule has 2 aliphatic rings. The van der Waals surface area contributed by atoms with E-state index in [1.54, 1.807) is 13.8 Å². The number of hydrogen-bond acceptors (Lipinski definition) is 3. The van der Waals surface area contributed by atoms with Gasteiger partial charge in [-0.05, 0) is 46.1 Å². The van der Waals surface area contributed by atoms with Gasteiger partial charge in [-0.15, -0.1) is 0 Å². The maximum atomic E-state index is 11.4. The summed E-state index contributed by atoms with van der Waals surface area (Å²) in [5.74, 6) is -0.760. The molecule has 1 saturated heterocycles. The zero-order valence-corrected chi connectivity index (χ0v) is 13.2. The molecule has 4 nitrogen and oxygen atoms in total. The monoisotopic (exact) mass is 283 g/mol. The Morgan fingerprint density at radius 1 is 1.30 bits per heavy atom. The molecular weight excluding hydrogens is 254 g/mol. The first-order valence-electron chi connectivity index (χ1n) is 8.06. The summed E-state index contributed by atoms with van der Waals surface area (Å²) in [6.07, 6.45) is 8.72. The predicted octanol–water partition coefficient (Wildman–Crippen LogP) is 3.05. The zero-order valence-electron chi connectivity index (χ0n) is 13.2. The van der Waals surface area contributed by atoms with Gasteiger partial charge in [0.05, 0.1) is 11.7 Å². The van der Waals surface area contributed by atoms with Crippen LogP contribution in [0.1, 0.15) is 65.7 Å². The van der Waals surface area contributed by atoms with E-state index >= 15 is 0 Å². The van der Waals surface area contributed by atoms with E-state index in [0.717, 1.165) is 25.9 Å². The van der Waals surface area contributed by atoms with Crippen LogP contribution in [0.4, 0.5) is 0 Å². The van der Waals surface area contributed by atoms with Crippen LogP contribution in [0.5, 0.6) is 0 Å². The number of carboxylic acid groups (broad SMARTS) is 1. The fourth-order valence-corrected chi connectivity index (χ4v) is 3.72. The van der Waals surface area contributed by atoms with Crippen molar-refractivity contribution in [2.75, 3.05) is 13.1 Å². The Hall–Kier alpha value is -0.610. The lowest BCUT2D eigenvalue weighted by Gasteiger charge is -2.37. The summed E-state index contributed by atoms with van der Waals surface area (Å²) in [7, 11) is 0. The number of aliphatic carboxylic acids is 1. The topological polar surface area (TPSA) is 49.8 Å². The van der Waals surface area contributed by atoms with Crippen molar-refractivity contribution in [2.24, 2.45) is 0 Å². The second-order valence-corrected chi connectivity index (χ2v) is 6.93. The first-order valence-corrected chi connectivity index (χ1v) is 8.06. The smallest absolute Gasteiger partial charge is 0.323 e. The fraction of sp³-hybridized carbons (Fsp3) is 0.938. The Kier molecular flexibility index (Phi) is 4.75.